The first-order valence-electron chi connectivity index (χ1n) is 5.38. The summed E-state index contributed by atoms with van der Waals surface area (Å²) < 4.78 is 0. The Labute approximate surface area is 87.6 Å². The molecule has 0 bridgehead atoms. The predicted octanol–water partition coefficient (Wildman–Crippen LogP) is 0.842. The molecule has 14 heavy (non-hydrogen) atoms. The minimum absolute atomic E-state index is 0.220. The van der Waals surface area contributed by atoms with E-state index in [-0.39, 0.29) is 6.61 Å². The molecule has 0 aromatic rings. The number of aliphatic hydroxyl groups is 1. The number of nitrogens with two attached hydrogens (primary N) is 1. The summed E-state index contributed by atoms with van der Waals surface area (Å²) in [5, 5.41) is 8.86. The van der Waals surface area contributed by atoms with E-state index in [1.54, 1.807) is 0 Å². The number of rotatable bonds is 9. The number of nitrogens with zero attached hydrogens (tertiary/aromatic N) is 1. The van der Waals surface area contributed by atoms with E-state index in [0.29, 0.717) is 5.92 Å². The van der Waals surface area contributed by atoms with Gasteiger partial charge in [0.1, 0.15) is 0 Å². The zero-order chi connectivity index (χ0) is 10.8. The van der Waals surface area contributed by atoms with Gasteiger partial charge >= 0.3 is 0 Å². The second-order valence-electron chi connectivity index (χ2n) is 3.81. The van der Waals surface area contributed by atoms with Gasteiger partial charge in [0.15, 0.2) is 0 Å². The Balaban J connectivity index is 3.70. The number of hydrogen-bond acceptors (Lipinski definition) is 3. The van der Waals surface area contributed by atoms with Crippen molar-refractivity contribution in [2.45, 2.75) is 19.8 Å². The van der Waals surface area contributed by atoms with E-state index >= 15 is 0 Å². The Morgan fingerprint density at radius 1 is 1.57 bits per heavy atom. The summed E-state index contributed by atoms with van der Waals surface area (Å²) in [5.74, 6) is 0.644. The second-order valence-corrected chi connectivity index (χ2v) is 3.81. The molecule has 0 rings (SSSR count). The fourth-order valence-corrected chi connectivity index (χ4v) is 1.58. The third kappa shape index (κ3) is 7.06. The van der Waals surface area contributed by atoms with Crippen LogP contribution in [0.1, 0.15) is 19.8 Å². The van der Waals surface area contributed by atoms with E-state index in [1.165, 1.54) is 0 Å². The van der Waals surface area contributed by atoms with Gasteiger partial charge in [-0.05, 0) is 25.3 Å². The maximum Gasteiger partial charge on any atom is 0.0558 e. The van der Waals surface area contributed by atoms with Gasteiger partial charge in [0.05, 0.1) is 6.61 Å². The monoisotopic (exact) mass is 200 g/mol. The van der Waals surface area contributed by atoms with Crippen molar-refractivity contribution in [3.8, 4) is 0 Å². The molecule has 0 heterocycles. The molecular weight excluding hydrogens is 176 g/mol. The number of aliphatic hydroxyl groups excluding tert-OH is 1. The van der Waals surface area contributed by atoms with E-state index < -0.39 is 0 Å². The van der Waals surface area contributed by atoms with Crippen LogP contribution in [-0.2, 0) is 0 Å². The molecule has 0 aliphatic rings. The Bertz CT molecular complexity index is 139. The minimum atomic E-state index is 0.220. The molecule has 0 amide bonds. The smallest absolute Gasteiger partial charge is 0.0558 e. The Kier molecular flexibility index (Phi) is 8.94. The maximum atomic E-state index is 8.86. The lowest BCUT2D eigenvalue weighted by atomic mass is 10.1. The van der Waals surface area contributed by atoms with Crippen LogP contribution in [0.5, 0.6) is 0 Å². The summed E-state index contributed by atoms with van der Waals surface area (Å²) in [7, 11) is 0. The first kappa shape index (κ1) is 13.6. The Morgan fingerprint density at radius 3 is 2.79 bits per heavy atom. The predicted molar refractivity (Wildman–Crippen MR) is 61.2 cm³/mol. The first-order valence-corrected chi connectivity index (χ1v) is 5.38. The molecule has 3 heteroatoms. The van der Waals surface area contributed by atoms with Crippen molar-refractivity contribution >= 4 is 0 Å². The molecule has 1 unspecified atom stereocenters. The average molecular weight is 200 g/mol. The van der Waals surface area contributed by atoms with Gasteiger partial charge < -0.3 is 10.8 Å². The van der Waals surface area contributed by atoms with E-state index in [4.69, 9.17) is 10.8 Å². The molecule has 0 aliphatic heterocycles. The van der Waals surface area contributed by atoms with Crippen LogP contribution in [0.15, 0.2) is 12.7 Å². The Morgan fingerprint density at radius 2 is 2.29 bits per heavy atom. The lowest BCUT2D eigenvalue weighted by Gasteiger charge is -2.23. The highest BCUT2D eigenvalue weighted by atomic mass is 16.3. The third-order valence-corrected chi connectivity index (χ3v) is 2.27. The Hall–Kier alpha value is -0.380. The normalized spacial score (nSPS) is 13.1. The van der Waals surface area contributed by atoms with Crippen LogP contribution in [0.3, 0.4) is 0 Å². The van der Waals surface area contributed by atoms with Gasteiger partial charge in [0.2, 0.25) is 0 Å². The van der Waals surface area contributed by atoms with Gasteiger partial charge in [-0.1, -0.05) is 13.0 Å². The van der Waals surface area contributed by atoms with E-state index in [9.17, 15) is 0 Å². The van der Waals surface area contributed by atoms with Crippen molar-refractivity contribution < 1.29 is 5.11 Å². The maximum absolute atomic E-state index is 8.86. The van der Waals surface area contributed by atoms with Crippen LogP contribution in [0.2, 0.25) is 0 Å². The topological polar surface area (TPSA) is 49.5 Å². The molecule has 0 radical (unpaired) electrons. The molecular formula is C11H24N2O. The fraction of sp³-hybridized carbons (Fsp3) is 0.818. The van der Waals surface area contributed by atoms with E-state index in [2.05, 4.69) is 18.4 Å². The SMILES string of the molecule is C=CCN(CCO)CC(C)CCCN. The third-order valence-electron chi connectivity index (χ3n) is 2.27. The molecule has 3 nitrogen and oxygen atoms in total. The van der Waals surface area contributed by atoms with Gasteiger partial charge in [-0.25, -0.2) is 0 Å². The van der Waals surface area contributed by atoms with Crippen LogP contribution < -0.4 is 5.73 Å². The molecule has 1 atom stereocenters. The average Bonchev–Trinajstić information content (AvgIpc) is 2.15. The van der Waals surface area contributed by atoms with Crippen LogP contribution in [-0.4, -0.2) is 42.8 Å². The minimum Gasteiger partial charge on any atom is -0.395 e. The molecule has 0 spiro atoms. The quantitative estimate of drug-likeness (QED) is 0.542. The van der Waals surface area contributed by atoms with Gasteiger partial charge in [0, 0.05) is 19.6 Å². The van der Waals surface area contributed by atoms with Crippen molar-refractivity contribution in [1.29, 1.82) is 0 Å². The lowest BCUT2D eigenvalue weighted by molar-refractivity contribution is 0.188. The highest BCUT2D eigenvalue weighted by Gasteiger charge is 2.07. The first-order chi connectivity index (χ1) is 6.74. The van der Waals surface area contributed by atoms with Crippen molar-refractivity contribution in [1.82, 2.24) is 4.90 Å². The summed E-state index contributed by atoms with van der Waals surface area (Å²) >= 11 is 0. The largest absolute Gasteiger partial charge is 0.395 e. The molecule has 0 aromatic carbocycles. The van der Waals surface area contributed by atoms with Crippen LogP contribution in [0, 0.1) is 5.92 Å². The highest BCUT2D eigenvalue weighted by Crippen LogP contribution is 2.07. The molecule has 0 fully saturated rings. The standard InChI is InChI=1S/C11H24N2O/c1-3-7-13(8-9-14)10-11(2)5-4-6-12/h3,11,14H,1,4-10,12H2,2H3. The fourth-order valence-electron chi connectivity index (χ4n) is 1.58. The highest BCUT2D eigenvalue weighted by molar-refractivity contribution is 4.74. The molecule has 0 saturated heterocycles. The van der Waals surface area contributed by atoms with Gasteiger partial charge in [-0.15, -0.1) is 6.58 Å². The van der Waals surface area contributed by atoms with Crippen LogP contribution in [0.4, 0.5) is 0 Å². The summed E-state index contributed by atoms with van der Waals surface area (Å²) in [4.78, 5) is 2.22. The van der Waals surface area contributed by atoms with Crippen LogP contribution >= 0.6 is 0 Å². The van der Waals surface area contributed by atoms with Gasteiger partial charge in [0.25, 0.3) is 0 Å². The van der Waals surface area contributed by atoms with E-state index in [1.807, 2.05) is 6.08 Å². The molecule has 0 saturated carbocycles. The second kappa shape index (κ2) is 9.19. The summed E-state index contributed by atoms with van der Waals surface area (Å²) in [6.45, 7) is 9.53. The molecule has 0 aromatic heterocycles. The number of hydrogen-bond donors (Lipinski definition) is 2. The van der Waals surface area contributed by atoms with Gasteiger partial charge in [-0.2, -0.15) is 0 Å². The van der Waals surface area contributed by atoms with Crippen molar-refractivity contribution in [2.75, 3.05) is 32.8 Å². The van der Waals surface area contributed by atoms with E-state index in [0.717, 1.165) is 39.0 Å². The zero-order valence-electron chi connectivity index (χ0n) is 9.28. The van der Waals surface area contributed by atoms with Crippen molar-refractivity contribution in [3.63, 3.8) is 0 Å². The molecule has 0 aliphatic carbocycles. The van der Waals surface area contributed by atoms with Crippen molar-refractivity contribution in [3.05, 3.63) is 12.7 Å². The lowest BCUT2D eigenvalue weighted by Crippen LogP contribution is -2.31. The van der Waals surface area contributed by atoms with Crippen LogP contribution in [0.25, 0.3) is 0 Å². The molecule has 84 valence electrons. The summed E-state index contributed by atoms with van der Waals surface area (Å²) in [5.41, 5.74) is 5.46. The van der Waals surface area contributed by atoms with Crippen molar-refractivity contribution in [2.24, 2.45) is 11.7 Å². The summed E-state index contributed by atoms with van der Waals surface area (Å²) in [6.07, 6.45) is 4.13. The van der Waals surface area contributed by atoms with Gasteiger partial charge in [-0.3, -0.25) is 4.90 Å². The zero-order valence-corrected chi connectivity index (χ0v) is 9.28. The molecule has 3 N–H and O–H groups in total. The summed E-state index contributed by atoms with van der Waals surface area (Å²) in [6, 6.07) is 0.